The Morgan fingerprint density at radius 3 is 2.23 bits per heavy atom. The third-order valence-corrected chi connectivity index (χ3v) is 4.49. The summed E-state index contributed by atoms with van der Waals surface area (Å²) >= 11 is 0. The van der Waals surface area contributed by atoms with Crippen LogP contribution in [0.5, 0.6) is 11.5 Å². The molecule has 154 valence electrons. The van der Waals surface area contributed by atoms with E-state index in [0.29, 0.717) is 22.7 Å². The van der Waals surface area contributed by atoms with E-state index in [0.717, 1.165) is 12.1 Å². The van der Waals surface area contributed by atoms with Gasteiger partial charge in [0.15, 0.2) is 6.61 Å². The maximum atomic E-state index is 12.4. The quantitative estimate of drug-likeness (QED) is 0.578. The van der Waals surface area contributed by atoms with E-state index in [-0.39, 0.29) is 18.4 Å². The number of benzene rings is 3. The van der Waals surface area contributed by atoms with Gasteiger partial charge in [-0.2, -0.15) is 0 Å². The minimum atomic E-state index is -0.265. The van der Waals surface area contributed by atoms with Gasteiger partial charge in [-0.3, -0.25) is 9.59 Å². The highest BCUT2D eigenvalue weighted by molar-refractivity contribution is 6.05. The number of hydrogen-bond donors (Lipinski definition) is 2. The second-order valence-corrected chi connectivity index (χ2v) is 6.57. The van der Waals surface area contributed by atoms with Crippen molar-refractivity contribution in [1.29, 1.82) is 0 Å². The first-order valence-corrected chi connectivity index (χ1v) is 9.65. The third kappa shape index (κ3) is 5.61. The number of rotatable bonds is 8. The van der Waals surface area contributed by atoms with Gasteiger partial charge in [-0.15, -0.1) is 0 Å². The molecule has 6 heteroatoms. The van der Waals surface area contributed by atoms with E-state index in [1.807, 2.05) is 36.4 Å². The summed E-state index contributed by atoms with van der Waals surface area (Å²) in [6, 6.07) is 21.5. The molecule has 3 rings (SSSR count). The number of carbonyl (C=O) groups excluding carboxylic acids is 2. The molecule has 0 aliphatic heterocycles. The molecule has 0 radical (unpaired) electrons. The van der Waals surface area contributed by atoms with Gasteiger partial charge in [-0.1, -0.05) is 31.2 Å². The van der Waals surface area contributed by atoms with Crippen LogP contribution in [0, 0.1) is 0 Å². The molecule has 2 amide bonds. The molecule has 2 N–H and O–H groups in total. The summed E-state index contributed by atoms with van der Waals surface area (Å²) in [6.07, 6.45) is 0.949. The van der Waals surface area contributed by atoms with E-state index in [9.17, 15) is 9.59 Å². The summed E-state index contributed by atoms with van der Waals surface area (Å²) in [5, 5.41) is 5.61. The fourth-order valence-corrected chi connectivity index (χ4v) is 2.81. The molecule has 6 nitrogen and oxygen atoms in total. The molecule has 0 heterocycles. The van der Waals surface area contributed by atoms with Gasteiger partial charge < -0.3 is 20.1 Å². The van der Waals surface area contributed by atoms with Crippen molar-refractivity contribution in [2.45, 2.75) is 13.3 Å². The number of aryl methyl sites for hydroxylation is 1. The lowest BCUT2D eigenvalue weighted by Gasteiger charge is -2.11. The van der Waals surface area contributed by atoms with Gasteiger partial charge in [0.1, 0.15) is 11.5 Å². The predicted octanol–water partition coefficient (Wildman–Crippen LogP) is 4.53. The zero-order chi connectivity index (χ0) is 21.3. The molecule has 3 aromatic carbocycles. The van der Waals surface area contributed by atoms with Crippen LogP contribution in [0.2, 0.25) is 0 Å². The molecule has 0 bridgehead atoms. The highest BCUT2D eigenvalue weighted by atomic mass is 16.5. The standard InChI is InChI=1S/C24H24N2O4/c1-3-17-8-12-19(13-9-17)25-23(27)16-30-20-14-10-18(11-15-20)24(28)26-21-6-4-5-7-22(21)29-2/h4-15H,3,16H2,1-2H3,(H,25,27)(H,26,28). The molecule has 0 atom stereocenters. The molecule has 0 aliphatic carbocycles. The van der Waals surface area contributed by atoms with Crippen molar-refractivity contribution in [3.05, 3.63) is 83.9 Å². The summed E-state index contributed by atoms with van der Waals surface area (Å²) < 4.78 is 10.7. The molecular formula is C24H24N2O4. The first-order valence-electron chi connectivity index (χ1n) is 9.65. The number of amides is 2. The van der Waals surface area contributed by atoms with E-state index in [1.54, 1.807) is 43.5 Å². The maximum Gasteiger partial charge on any atom is 0.262 e. The summed E-state index contributed by atoms with van der Waals surface area (Å²) in [5.41, 5.74) is 2.99. The van der Waals surface area contributed by atoms with Crippen molar-refractivity contribution in [1.82, 2.24) is 0 Å². The van der Waals surface area contributed by atoms with Crippen molar-refractivity contribution in [2.24, 2.45) is 0 Å². The van der Waals surface area contributed by atoms with Gasteiger partial charge in [-0.25, -0.2) is 0 Å². The monoisotopic (exact) mass is 404 g/mol. The largest absolute Gasteiger partial charge is 0.495 e. The van der Waals surface area contributed by atoms with Gasteiger partial charge in [0.2, 0.25) is 0 Å². The Hall–Kier alpha value is -3.80. The number of hydrogen-bond acceptors (Lipinski definition) is 4. The van der Waals surface area contributed by atoms with Crippen molar-refractivity contribution >= 4 is 23.2 Å². The maximum absolute atomic E-state index is 12.4. The lowest BCUT2D eigenvalue weighted by molar-refractivity contribution is -0.118. The summed E-state index contributed by atoms with van der Waals surface area (Å²) in [5.74, 6) is 0.568. The number of anilines is 2. The van der Waals surface area contributed by atoms with E-state index in [2.05, 4.69) is 17.6 Å². The Bertz CT molecular complexity index is 998. The third-order valence-electron chi connectivity index (χ3n) is 4.49. The van der Waals surface area contributed by atoms with Crippen LogP contribution in [0.15, 0.2) is 72.8 Å². The molecular weight excluding hydrogens is 380 g/mol. The van der Waals surface area contributed by atoms with Crippen LogP contribution >= 0.6 is 0 Å². The molecule has 0 aliphatic rings. The molecule has 0 fully saturated rings. The Labute approximate surface area is 175 Å². The van der Waals surface area contributed by atoms with Crippen LogP contribution < -0.4 is 20.1 Å². The first-order chi connectivity index (χ1) is 14.6. The van der Waals surface area contributed by atoms with Gasteiger partial charge in [0, 0.05) is 11.3 Å². The molecule has 0 saturated heterocycles. The second kappa shape index (κ2) is 10.1. The van der Waals surface area contributed by atoms with Crippen molar-refractivity contribution in [3.63, 3.8) is 0 Å². The van der Waals surface area contributed by atoms with Crippen LogP contribution in [0.25, 0.3) is 0 Å². The van der Waals surface area contributed by atoms with Gasteiger partial charge in [0.25, 0.3) is 11.8 Å². The van der Waals surface area contributed by atoms with Crippen molar-refractivity contribution in [2.75, 3.05) is 24.4 Å². The summed E-state index contributed by atoms with van der Waals surface area (Å²) in [4.78, 5) is 24.5. The first kappa shape index (κ1) is 20.9. The zero-order valence-corrected chi connectivity index (χ0v) is 17.0. The van der Waals surface area contributed by atoms with Crippen molar-refractivity contribution < 1.29 is 19.1 Å². The Morgan fingerprint density at radius 1 is 0.867 bits per heavy atom. The average molecular weight is 404 g/mol. The number of nitrogens with one attached hydrogen (secondary N) is 2. The number of ether oxygens (including phenoxy) is 2. The molecule has 0 unspecified atom stereocenters. The molecule has 3 aromatic rings. The normalized spacial score (nSPS) is 10.2. The van der Waals surface area contributed by atoms with E-state index >= 15 is 0 Å². The lowest BCUT2D eigenvalue weighted by atomic mass is 10.1. The van der Waals surface area contributed by atoms with E-state index in [1.165, 1.54) is 5.56 Å². The zero-order valence-electron chi connectivity index (χ0n) is 17.0. The predicted molar refractivity (Wildman–Crippen MR) is 117 cm³/mol. The topological polar surface area (TPSA) is 76.7 Å². The average Bonchev–Trinajstić information content (AvgIpc) is 2.79. The van der Waals surface area contributed by atoms with Crippen LogP contribution in [0.3, 0.4) is 0 Å². The minimum Gasteiger partial charge on any atom is -0.495 e. The highest BCUT2D eigenvalue weighted by Crippen LogP contribution is 2.24. The molecule has 0 spiro atoms. The van der Waals surface area contributed by atoms with Crippen LogP contribution in [-0.4, -0.2) is 25.5 Å². The Kier molecular flexibility index (Phi) is 7.05. The number of methoxy groups -OCH3 is 1. The molecule has 0 aromatic heterocycles. The highest BCUT2D eigenvalue weighted by Gasteiger charge is 2.10. The Balaban J connectivity index is 1.52. The van der Waals surface area contributed by atoms with Gasteiger partial charge >= 0.3 is 0 Å². The van der Waals surface area contributed by atoms with Crippen LogP contribution in [0.1, 0.15) is 22.8 Å². The van der Waals surface area contributed by atoms with E-state index < -0.39 is 0 Å². The van der Waals surface area contributed by atoms with Crippen LogP contribution in [-0.2, 0) is 11.2 Å². The van der Waals surface area contributed by atoms with E-state index in [4.69, 9.17) is 9.47 Å². The number of carbonyl (C=O) groups is 2. The van der Waals surface area contributed by atoms with Crippen molar-refractivity contribution in [3.8, 4) is 11.5 Å². The molecule has 30 heavy (non-hydrogen) atoms. The van der Waals surface area contributed by atoms with Gasteiger partial charge in [0.05, 0.1) is 12.8 Å². The second-order valence-electron chi connectivity index (χ2n) is 6.57. The number of para-hydroxylation sites is 2. The van der Waals surface area contributed by atoms with Gasteiger partial charge in [-0.05, 0) is 60.5 Å². The smallest absolute Gasteiger partial charge is 0.262 e. The SMILES string of the molecule is CCc1ccc(NC(=O)COc2ccc(C(=O)Nc3ccccc3OC)cc2)cc1. The summed E-state index contributed by atoms with van der Waals surface area (Å²) in [6.45, 7) is 1.96. The van der Waals surface area contributed by atoms with Crippen LogP contribution in [0.4, 0.5) is 11.4 Å². The Morgan fingerprint density at radius 2 is 1.57 bits per heavy atom. The molecule has 0 saturated carbocycles. The lowest BCUT2D eigenvalue weighted by Crippen LogP contribution is -2.20. The minimum absolute atomic E-state index is 0.123. The fraction of sp³-hybridized carbons (Fsp3) is 0.167. The fourth-order valence-electron chi connectivity index (χ4n) is 2.81. The summed E-state index contributed by atoms with van der Waals surface area (Å²) in [7, 11) is 1.55.